The van der Waals surface area contributed by atoms with Crippen molar-refractivity contribution in [2.75, 3.05) is 26.1 Å². The molecule has 0 spiro atoms. The van der Waals surface area contributed by atoms with Gasteiger partial charge in [-0.2, -0.15) is 15.3 Å². The van der Waals surface area contributed by atoms with Crippen molar-refractivity contribution in [2.45, 2.75) is 38.9 Å². The van der Waals surface area contributed by atoms with E-state index in [9.17, 15) is 0 Å². The van der Waals surface area contributed by atoms with Gasteiger partial charge in [0, 0.05) is 34.9 Å². The molecular weight excluding hydrogens is 481 g/mol. The van der Waals surface area contributed by atoms with Crippen LogP contribution in [0.4, 0.5) is 5.69 Å². The smallest absolute Gasteiger partial charge is 0.497 e. The van der Waals surface area contributed by atoms with E-state index in [2.05, 4.69) is 49.1 Å². The predicted molar refractivity (Wildman–Crippen MR) is 147 cm³/mol. The molecule has 0 radical (unpaired) electrons. The molecular formula is C28H32BN5O4. The molecule has 4 heterocycles. The van der Waals surface area contributed by atoms with Crippen LogP contribution in [0.2, 0.25) is 0 Å². The highest BCUT2D eigenvalue weighted by Gasteiger charge is 2.68. The standard InChI is InChI=1S/C28H32BN5O4/c1-17(2)27-15-36-16-28(27,18(3)4)38-29(37-27)22-12-21(25(13-26(22)35-5)34-10-6-9-32-34)19-7-8-20-23(30)14-31-33-24(20)11-19/h6-14,17-18H,15-16H2,1-5H3,(H2,30,33)/t27-,28+. The van der Waals surface area contributed by atoms with Crippen molar-refractivity contribution in [3.63, 3.8) is 0 Å². The monoisotopic (exact) mass is 513 g/mol. The fourth-order valence-electron chi connectivity index (χ4n) is 6.01. The summed E-state index contributed by atoms with van der Waals surface area (Å²) < 4.78 is 27.4. The number of hydrogen-bond acceptors (Lipinski definition) is 8. The van der Waals surface area contributed by atoms with Crippen molar-refractivity contribution >= 4 is 29.2 Å². The van der Waals surface area contributed by atoms with Gasteiger partial charge in [0.2, 0.25) is 0 Å². The molecule has 2 aliphatic rings. The van der Waals surface area contributed by atoms with Crippen LogP contribution in [0.5, 0.6) is 5.75 Å². The maximum atomic E-state index is 6.85. The number of benzene rings is 2. The van der Waals surface area contributed by atoms with Crippen molar-refractivity contribution in [1.82, 2.24) is 20.0 Å². The quantitative estimate of drug-likeness (QED) is 0.390. The van der Waals surface area contributed by atoms with Gasteiger partial charge in [-0.05, 0) is 41.7 Å². The Morgan fingerprint density at radius 2 is 1.79 bits per heavy atom. The largest absolute Gasteiger partial charge is 0.498 e. The summed E-state index contributed by atoms with van der Waals surface area (Å²) in [4.78, 5) is 0. The van der Waals surface area contributed by atoms with Crippen molar-refractivity contribution in [1.29, 1.82) is 0 Å². The minimum Gasteiger partial charge on any atom is -0.497 e. The SMILES string of the molecule is COc1cc(-n2cccn2)c(-c2ccc3c(N)cnnc3c2)cc1B1O[C@]2(C(C)C)COC[C@]2(C(C)C)O1. The Morgan fingerprint density at radius 3 is 2.42 bits per heavy atom. The van der Waals surface area contributed by atoms with Crippen molar-refractivity contribution in [3.05, 3.63) is 55.0 Å². The second-order valence-electron chi connectivity index (χ2n) is 10.7. The van der Waals surface area contributed by atoms with Crippen LogP contribution in [0.25, 0.3) is 27.7 Å². The van der Waals surface area contributed by atoms with Crippen LogP contribution in [0.3, 0.4) is 0 Å². The van der Waals surface area contributed by atoms with Gasteiger partial charge in [-0.15, -0.1) is 0 Å². The fraction of sp³-hybridized carbons (Fsp3) is 0.393. The van der Waals surface area contributed by atoms with Gasteiger partial charge in [0.1, 0.15) is 17.0 Å². The van der Waals surface area contributed by atoms with Gasteiger partial charge in [0.25, 0.3) is 0 Å². The summed E-state index contributed by atoms with van der Waals surface area (Å²) in [5, 5.41) is 13.7. The molecule has 0 amide bonds. The second kappa shape index (κ2) is 9.08. The van der Waals surface area contributed by atoms with Gasteiger partial charge in [-0.1, -0.05) is 33.8 Å². The molecule has 2 fully saturated rings. The number of anilines is 1. The molecule has 6 rings (SSSR count). The Balaban J connectivity index is 1.53. The highest BCUT2D eigenvalue weighted by molar-refractivity contribution is 6.63. The molecule has 2 aromatic carbocycles. The maximum absolute atomic E-state index is 6.85. The summed E-state index contributed by atoms with van der Waals surface area (Å²) >= 11 is 0. The molecule has 0 unspecified atom stereocenters. The molecule has 10 heteroatoms. The van der Waals surface area contributed by atoms with E-state index in [1.54, 1.807) is 19.5 Å². The topological polar surface area (TPSA) is 107 Å². The van der Waals surface area contributed by atoms with E-state index in [1.165, 1.54) is 0 Å². The zero-order chi connectivity index (χ0) is 26.7. The van der Waals surface area contributed by atoms with Crippen LogP contribution in [0, 0.1) is 11.8 Å². The first kappa shape index (κ1) is 24.8. The minimum atomic E-state index is -0.625. The number of nitrogen functional groups attached to an aromatic ring is 1. The minimum absolute atomic E-state index is 0.190. The lowest BCUT2D eigenvalue weighted by molar-refractivity contribution is -0.0681. The van der Waals surface area contributed by atoms with Gasteiger partial charge >= 0.3 is 7.12 Å². The lowest BCUT2D eigenvalue weighted by atomic mass is 9.72. The fourth-order valence-corrected chi connectivity index (χ4v) is 6.01. The number of hydrogen-bond donors (Lipinski definition) is 1. The van der Waals surface area contributed by atoms with Crippen molar-refractivity contribution in [2.24, 2.45) is 11.8 Å². The average Bonchev–Trinajstić information content (AvgIpc) is 3.63. The van der Waals surface area contributed by atoms with Crippen LogP contribution in [0.15, 0.2) is 55.0 Å². The van der Waals surface area contributed by atoms with Gasteiger partial charge in [-0.3, -0.25) is 0 Å². The van der Waals surface area contributed by atoms with E-state index < -0.39 is 18.3 Å². The Bertz CT molecular complexity index is 1470. The van der Waals surface area contributed by atoms with Crippen LogP contribution >= 0.6 is 0 Å². The lowest BCUT2D eigenvalue weighted by Gasteiger charge is -2.42. The number of methoxy groups -OCH3 is 1. The first-order valence-corrected chi connectivity index (χ1v) is 13.0. The third-order valence-corrected chi connectivity index (χ3v) is 8.18. The van der Waals surface area contributed by atoms with Gasteiger partial charge < -0.3 is 24.5 Å². The predicted octanol–water partition coefficient (Wildman–Crippen LogP) is 3.64. The molecule has 2 aromatic heterocycles. The molecule has 4 aromatic rings. The molecule has 2 atom stereocenters. The van der Waals surface area contributed by atoms with Gasteiger partial charge in [-0.25, -0.2) is 4.68 Å². The molecule has 38 heavy (non-hydrogen) atoms. The Hall–Kier alpha value is -3.47. The summed E-state index contributed by atoms with van der Waals surface area (Å²) in [7, 11) is 1.04. The number of nitrogens with zero attached hydrogens (tertiary/aromatic N) is 4. The van der Waals surface area contributed by atoms with E-state index in [-0.39, 0.29) is 11.8 Å². The lowest BCUT2D eigenvalue weighted by Crippen LogP contribution is -2.57. The van der Waals surface area contributed by atoms with E-state index in [0.717, 1.165) is 27.7 Å². The Labute approximate surface area is 222 Å². The second-order valence-corrected chi connectivity index (χ2v) is 10.7. The van der Waals surface area contributed by atoms with E-state index in [0.29, 0.717) is 30.2 Å². The first-order valence-electron chi connectivity index (χ1n) is 13.0. The van der Waals surface area contributed by atoms with E-state index >= 15 is 0 Å². The van der Waals surface area contributed by atoms with Crippen LogP contribution in [0.1, 0.15) is 27.7 Å². The molecule has 9 nitrogen and oxygen atoms in total. The highest BCUT2D eigenvalue weighted by Crippen LogP contribution is 2.51. The number of ether oxygens (including phenoxy) is 2. The van der Waals surface area contributed by atoms with Crippen molar-refractivity contribution in [3.8, 4) is 22.6 Å². The number of aromatic nitrogens is 4. The Morgan fingerprint density at radius 1 is 1.05 bits per heavy atom. The first-order chi connectivity index (χ1) is 18.3. The number of nitrogens with two attached hydrogens (primary N) is 1. The summed E-state index contributed by atoms with van der Waals surface area (Å²) in [5.41, 5.74) is 9.84. The summed E-state index contributed by atoms with van der Waals surface area (Å²) in [5.74, 6) is 1.04. The van der Waals surface area contributed by atoms with Crippen molar-refractivity contribution < 1.29 is 18.8 Å². The van der Waals surface area contributed by atoms with E-state index in [1.807, 2.05) is 41.2 Å². The van der Waals surface area contributed by atoms with Crippen LogP contribution in [-0.4, -0.2) is 58.6 Å². The number of fused-ring (bicyclic) bond motifs is 2. The Kier molecular flexibility index (Phi) is 5.94. The maximum Gasteiger partial charge on any atom is 0.498 e. The highest BCUT2D eigenvalue weighted by atomic mass is 16.7. The summed E-state index contributed by atoms with van der Waals surface area (Å²) in [6, 6.07) is 11.9. The zero-order valence-corrected chi connectivity index (χ0v) is 22.3. The van der Waals surface area contributed by atoms with Gasteiger partial charge in [0.05, 0.1) is 43.4 Å². The molecule has 2 N–H and O–H groups in total. The molecule has 2 aliphatic heterocycles. The third-order valence-electron chi connectivity index (χ3n) is 8.18. The third kappa shape index (κ3) is 3.54. The van der Waals surface area contributed by atoms with Crippen LogP contribution in [-0.2, 0) is 14.0 Å². The van der Waals surface area contributed by atoms with Crippen LogP contribution < -0.4 is 15.9 Å². The molecule has 2 saturated heterocycles. The number of rotatable bonds is 6. The van der Waals surface area contributed by atoms with Gasteiger partial charge in [0.15, 0.2) is 0 Å². The normalized spacial score (nSPS) is 23.1. The molecule has 0 bridgehead atoms. The van der Waals surface area contributed by atoms with E-state index in [4.69, 9.17) is 24.5 Å². The molecule has 0 saturated carbocycles. The summed E-state index contributed by atoms with van der Waals surface area (Å²) in [6.45, 7) is 9.66. The summed E-state index contributed by atoms with van der Waals surface area (Å²) in [6.07, 6.45) is 5.22. The molecule has 196 valence electrons. The average molecular weight is 513 g/mol. The molecule has 0 aliphatic carbocycles. The zero-order valence-electron chi connectivity index (χ0n) is 22.3.